The number of halogens is 1. The van der Waals surface area contributed by atoms with E-state index in [1.165, 1.54) is 13.2 Å². The van der Waals surface area contributed by atoms with Crippen LogP contribution in [-0.4, -0.2) is 13.1 Å². The Morgan fingerprint density at radius 2 is 2.29 bits per heavy atom. The van der Waals surface area contributed by atoms with E-state index in [0.717, 1.165) is 0 Å². The smallest absolute Gasteiger partial charge is 0.339 e. The van der Waals surface area contributed by atoms with Crippen molar-refractivity contribution < 1.29 is 9.53 Å². The molecule has 1 aromatic carbocycles. The number of carbonyl (C=O) groups excluding carboxylic acids is 1. The predicted molar refractivity (Wildman–Crippen MR) is 62.5 cm³/mol. The first-order chi connectivity index (χ1) is 6.60. The maximum Gasteiger partial charge on any atom is 0.339 e. The normalized spacial score (nSPS) is 9.29. The van der Waals surface area contributed by atoms with E-state index in [9.17, 15) is 4.79 Å². The van der Waals surface area contributed by atoms with Crippen LogP contribution in [0.4, 0.5) is 0 Å². The van der Waals surface area contributed by atoms with Crippen molar-refractivity contribution in [2.45, 2.75) is 4.90 Å². The second-order valence-corrected chi connectivity index (χ2v) is 4.13. The van der Waals surface area contributed by atoms with Gasteiger partial charge in [0.1, 0.15) is 6.07 Å². The van der Waals surface area contributed by atoms with Crippen LogP contribution in [0.5, 0.6) is 0 Å². The molecule has 0 bridgehead atoms. The van der Waals surface area contributed by atoms with Gasteiger partial charge < -0.3 is 4.74 Å². The van der Waals surface area contributed by atoms with Gasteiger partial charge in [0.15, 0.2) is 0 Å². The lowest BCUT2D eigenvalue weighted by Gasteiger charge is -2.04. The van der Waals surface area contributed by atoms with Crippen LogP contribution in [0.1, 0.15) is 15.9 Å². The maximum absolute atomic E-state index is 11.3. The van der Waals surface area contributed by atoms with Crippen molar-refractivity contribution in [3.63, 3.8) is 0 Å². The zero-order chi connectivity index (χ0) is 10.7. The molecule has 0 aromatic heterocycles. The van der Waals surface area contributed by atoms with E-state index in [4.69, 9.17) is 5.26 Å². The Hall–Kier alpha value is -0.740. The van der Waals surface area contributed by atoms with Gasteiger partial charge in [0.2, 0.25) is 0 Å². The number of rotatable bonds is 1. The molecule has 72 valence electrons. The fourth-order valence-corrected chi connectivity index (χ4v) is 2.23. The second kappa shape index (κ2) is 4.66. The molecule has 0 spiro atoms. The Morgan fingerprint density at radius 1 is 1.64 bits per heavy atom. The summed E-state index contributed by atoms with van der Waals surface area (Å²) in [4.78, 5) is 11.9. The first-order valence-corrected chi connectivity index (χ1v) is 5.13. The Kier molecular flexibility index (Phi) is 3.77. The minimum atomic E-state index is -0.518. The highest BCUT2D eigenvalue weighted by Gasteiger charge is 2.15. The predicted octanol–water partition coefficient (Wildman–Crippen LogP) is 2.24. The monoisotopic (exact) mass is 319 g/mol. The molecule has 0 radical (unpaired) electrons. The maximum atomic E-state index is 11.3. The van der Waals surface area contributed by atoms with Gasteiger partial charge in [0.05, 0.1) is 18.2 Å². The van der Waals surface area contributed by atoms with Gasteiger partial charge in [-0.05, 0) is 34.7 Å². The third kappa shape index (κ3) is 2.19. The van der Waals surface area contributed by atoms with E-state index in [0.29, 0.717) is 14.0 Å². The van der Waals surface area contributed by atoms with Crippen LogP contribution in [0.2, 0.25) is 0 Å². The van der Waals surface area contributed by atoms with Gasteiger partial charge in [-0.3, -0.25) is 0 Å². The molecule has 0 heterocycles. The number of hydrogen-bond acceptors (Lipinski definition) is 4. The number of thiol groups is 1. The van der Waals surface area contributed by atoms with Crippen LogP contribution in [0.15, 0.2) is 17.0 Å². The highest BCUT2D eigenvalue weighted by atomic mass is 127. The number of methoxy groups -OCH3 is 1. The Morgan fingerprint density at radius 3 is 2.79 bits per heavy atom. The van der Waals surface area contributed by atoms with Gasteiger partial charge in [-0.15, -0.1) is 12.6 Å². The van der Waals surface area contributed by atoms with E-state index < -0.39 is 5.97 Å². The van der Waals surface area contributed by atoms with Gasteiger partial charge in [0, 0.05) is 8.47 Å². The fourth-order valence-electron chi connectivity index (χ4n) is 0.977. The van der Waals surface area contributed by atoms with Gasteiger partial charge >= 0.3 is 5.97 Å². The molecule has 0 atom stereocenters. The third-order valence-corrected chi connectivity index (χ3v) is 2.70. The number of esters is 1. The van der Waals surface area contributed by atoms with Crippen molar-refractivity contribution in [2.75, 3.05) is 7.11 Å². The second-order valence-electron chi connectivity index (χ2n) is 2.45. The molecule has 1 rings (SSSR count). The molecule has 0 amide bonds. The fraction of sp³-hybridized carbons (Fsp3) is 0.111. The minimum Gasteiger partial charge on any atom is -0.465 e. The number of benzene rings is 1. The van der Waals surface area contributed by atoms with Crippen LogP contribution >= 0.6 is 35.2 Å². The molecule has 1 aromatic rings. The van der Waals surface area contributed by atoms with E-state index in [1.807, 2.05) is 28.7 Å². The quantitative estimate of drug-likeness (QED) is 0.491. The number of hydrogen-bond donors (Lipinski definition) is 1. The zero-order valence-electron chi connectivity index (χ0n) is 7.24. The molecule has 14 heavy (non-hydrogen) atoms. The van der Waals surface area contributed by atoms with Crippen LogP contribution in [0.25, 0.3) is 0 Å². The van der Waals surface area contributed by atoms with Crippen LogP contribution in [0.3, 0.4) is 0 Å². The molecule has 0 unspecified atom stereocenters. The molecule has 5 heteroatoms. The Labute approximate surface area is 101 Å². The van der Waals surface area contributed by atoms with Gasteiger partial charge in [-0.2, -0.15) is 5.26 Å². The van der Waals surface area contributed by atoms with Crippen molar-refractivity contribution in [1.82, 2.24) is 0 Å². The first-order valence-electron chi connectivity index (χ1n) is 3.61. The summed E-state index contributed by atoms with van der Waals surface area (Å²) in [6.45, 7) is 0. The number of nitriles is 1. The average Bonchev–Trinajstić information content (AvgIpc) is 2.15. The Bertz CT molecular complexity index is 426. The molecule has 0 aliphatic heterocycles. The van der Waals surface area contributed by atoms with Crippen molar-refractivity contribution in [3.05, 3.63) is 26.8 Å². The lowest BCUT2D eigenvalue weighted by molar-refractivity contribution is 0.0600. The lowest BCUT2D eigenvalue weighted by atomic mass is 10.1. The molecule has 0 N–H and O–H groups in total. The van der Waals surface area contributed by atoms with Gasteiger partial charge in [-0.1, -0.05) is 0 Å². The number of nitrogens with zero attached hydrogens (tertiary/aromatic N) is 1. The Balaban J connectivity index is 3.41. The van der Waals surface area contributed by atoms with Crippen molar-refractivity contribution in [2.24, 2.45) is 0 Å². The van der Waals surface area contributed by atoms with Gasteiger partial charge in [-0.25, -0.2) is 4.79 Å². The first kappa shape index (κ1) is 11.3. The molecule has 0 saturated carbocycles. The molecule has 0 aliphatic carbocycles. The summed E-state index contributed by atoms with van der Waals surface area (Å²) in [6.07, 6.45) is 0. The molecular weight excluding hydrogens is 313 g/mol. The summed E-state index contributed by atoms with van der Waals surface area (Å²) in [5.41, 5.74) is 0.585. The van der Waals surface area contributed by atoms with E-state index in [1.54, 1.807) is 6.07 Å². The average molecular weight is 319 g/mol. The van der Waals surface area contributed by atoms with Gasteiger partial charge in [0.25, 0.3) is 0 Å². The third-order valence-electron chi connectivity index (χ3n) is 1.59. The summed E-state index contributed by atoms with van der Waals surface area (Å²) in [5, 5.41) is 8.85. The topological polar surface area (TPSA) is 50.1 Å². The van der Waals surface area contributed by atoms with Crippen molar-refractivity contribution in [3.8, 4) is 6.07 Å². The number of ether oxygens (including phenoxy) is 1. The SMILES string of the molecule is COC(=O)c1cc(S)cc(I)c1C#N. The van der Waals surface area contributed by atoms with Crippen LogP contribution < -0.4 is 0 Å². The summed E-state index contributed by atoms with van der Waals surface area (Å²) >= 11 is 6.10. The zero-order valence-corrected chi connectivity index (χ0v) is 10.3. The van der Waals surface area contributed by atoms with E-state index >= 15 is 0 Å². The summed E-state index contributed by atoms with van der Waals surface area (Å²) in [6, 6.07) is 5.20. The van der Waals surface area contributed by atoms with Crippen LogP contribution in [-0.2, 0) is 4.74 Å². The van der Waals surface area contributed by atoms with Crippen molar-refractivity contribution >= 4 is 41.2 Å². The summed E-state index contributed by atoms with van der Waals surface area (Å²) < 4.78 is 5.25. The largest absolute Gasteiger partial charge is 0.465 e. The lowest BCUT2D eigenvalue weighted by Crippen LogP contribution is -2.05. The molecular formula is C9H6INO2S. The highest BCUT2D eigenvalue weighted by Crippen LogP contribution is 2.21. The molecule has 3 nitrogen and oxygen atoms in total. The standard InChI is InChI=1S/C9H6INO2S/c1-13-9(12)6-2-5(14)3-8(10)7(6)4-11/h2-3,14H,1H3. The van der Waals surface area contributed by atoms with Crippen LogP contribution in [0, 0.1) is 14.9 Å². The molecule has 0 aliphatic rings. The van der Waals surface area contributed by atoms with Crippen molar-refractivity contribution in [1.29, 1.82) is 5.26 Å². The van der Waals surface area contributed by atoms with E-state index in [2.05, 4.69) is 17.4 Å². The molecule has 0 saturated heterocycles. The molecule has 0 fully saturated rings. The number of carbonyl (C=O) groups is 1. The highest BCUT2D eigenvalue weighted by molar-refractivity contribution is 14.1. The minimum absolute atomic E-state index is 0.256. The summed E-state index contributed by atoms with van der Waals surface area (Å²) in [7, 11) is 1.28. The van der Waals surface area contributed by atoms with E-state index in [-0.39, 0.29) is 5.56 Å². The summed E-state index contributed by atoms with van der Waals surface area (Å²) in [5.74, 6) is -0.518.